The summed E-state index contributed by atoms with van der Waals surface area (Å²) in [5, 5.41) is 3.49. The van der Waals surface area contributed by atoms with Gasteiger partial charge < -0.3 is 10.2 Å². The van der Waals surface area contributed by atoms with Crippen molar-refractivity contribution >= 4 is 40.3 Å². The Balaban J connectivity index is 1.52. The summed E-state index contributed by atoms with van der Waals surface area (Å²) in [5.41, 5.74) is 5.58. The van der Waals surface area contributed by atoms with Crippen molar-refractivity contribution in [3.05, 3.63) is 64.1 Å². The Bertz CT molecular complexity index is 941. The number of aliphatic imine (C=N–C) groups is 1. The largest absolute Gasteiger partial charge is 0.372 e. The van der Waals surface area contributed by atoms with Crippen LogP contribution in [-0.2, 0) is 4.79 Å². The molecule has 2 aliphatic rings. The van der Waals surface area contributed by atoms with Crippen LogP contribution in [0.25, 0.3) is 6.08 Å². The van der Waals surface area contributed by atoms with Crippen LogP contribution in [0.3, 0.4) is 0 Å². The molecule has 0 bridgehead atoms. The lowest BCUT2D eigenvalue weighted by Gasteiger charge is -2.29. The molecule has 2 aromatic carbocycles. The third-order valence-corrected chi connectivity index (χ3v) is 6.09. The Hall–Kier alpha value is -2.53. The van der Waals surface area contributed by atoms with Gasteiger partial charge in [0, 0.05) is 18.8 Å². The molecule has 1 N–H and O–H groups in total. The van der Waals surface area contributed by atoms with E-state index in [2.05, 4.69) is 40.3 Å². The molecular formula is C23H25N3OS. The van der Waals surface area contributed by atoms with Crippen LogP contribution < -0.4 is 10.2 Å². The van der Waals surface area contributed by atoms with Gasteiger partial charge in [0.2, 0.25) is 0 Å². The van der Waals surface area contributed by atoms with E-state index in [-0.39, 0.29) is 5.91 Å². The van der Waals surface area contributed by atoms with Crippen LogP contribution in [0.2, 0.25) is 0 Å². The minimum Gasteiger partial charge on any atom is -0.372 e. The molecule has 0 atom stereocenters. The Morgan fingerprint density at radius 2 is 1.79 bits per heavy atom. The minimum atomic E-state index is -0.0876. The lowest BCUT2D eigenvalue weighted by Crippen LogP contribution is -2.29. The van der Waals surface area contributed by atoms with E-state index in [4.69, 9.17) is 0 Å². The highest BCUT2D eigenvalue weighted by Crippen LogP contribution is 2.30. The summed E-state index contributed by atoms with van der Waals surface area (Å²) < 4.78 is 0. The summed E-state index contributed by atoms with van der Waals surface area (Å²) in [7, 11) is 0. The highest BCUT2D eigenvalue weighted by atomic mass is 32.2. The zero-order valence-corrected chi connectivity index (χ0v) is 17.2. The van der Waals surface area contributed by atoms with E-state index in [1.54, 1.807) is 0 Å². The molecule has 28 heavy (non-hydrogen) atoms. The average molecular weight is 392 g/mol. The number of benzene rings is 2. The summed E-state index contributed by atoms with van der Waals surface area (Å²) in [5.74, 6) is -0.0876. The molecule has 2 heterocycles. The van der Waals surface area contributed by atoms with Crippen molar-refractivity contribution in [2.75, 3.05) is 18.0 Å². The highest BCUT2D eigenvalue weighted by Gasteiger charge is 2.24. The van der Waals surface area contributed by atoms with Crippen molar-refractivity contribution < 1.29 is 4.79 Å². The van der Waals surface area contributed by atoms with E-state index in [9.17, 15) is 4.79 Å². The molecule has 2 aromatic rings. The van der Waals surface area contributed by atoms with Crippen LogP contribution in [0.15, 0.2) is 52.4 Å². The standard InChI is InChI=1S/C23H25N3OS/c1-16-6-9-19(10-7-16)24-23-25-22(27)21(28-23)15-18-8-11-20(14-17(18)2)26-12-4-3-5-13-26/h6-11,14-15H,3-5,12-13H2,1-2H3,(H,24,25,27)/b21-15+. The minimum absolute atomic E-state index is 0.0876. The topological polar surface area (TPSA) is 44.7 Å². The average Bonchev–Trinajstić information content (AvgIpc) is 3.05. The second-order valence-electron chi connectivity index (χ2n) is 7.41. The number of nitrogens with one attached hydrogen (secondary N) is 1. The van der Waals surface area contributed by atoms with Crippen molar-refractivity contribution in [1.82, 2.24) is 5.32 Å². The van der Waals surface area contributed by atoms with Crippen molar-refractivity contribution in [3.63, 3.8) is 0 Å². The van der Waals surface area contributed by atoms with Gasteiger partial charge in [-0.15, -0.1) is 0 Å². The molecule has 0 radical (unpaired) electrons. The van der Waals surface area contributed by atoms with Gasteiger partial charge >= 0.3 is 0 Å². The van der Waals surface area contributed by atoms with Gasteiger partial charge in [0.25, 0.3) is 5.91 Å². The molecule has 0 spiro atoms. The number of hydrogen-bond donors (Lipinski definition) is 1. The van der Waals surface area contributed by atoms with Gasteiger partial charge in [-0.3, -0.25) is 4.79 Å². The fourth-order valence-electron chi connectivity index (χ4n) is 3.53. The number of piperidine rings is 1. The van der Waals surface area contributed by atoms with Crippen LogP contribution in [-0.4, -0.2) is 24.2 Å². The number of nitrogens with zero attached hydrogens (tertiary/aromatic N) is 2. The SMILES string of the molecule is Cc1ccc(N=C2NC(=O)/C(=C\c3ccc(N4CCCCC4)cc3C)S2)cc1. The predicted octanol–water partition coefficient (Wildman–Crippen LogP) is 5.19. The van der Waals surface area contributed by atoms with Crippen LogP contribution in [0.5, 0.6) is 0 Å². The molecule has 2 fully saturated rings. The molecule has 0 aliphatic carbocycles. The molecule has 2 aliphatic heterocycles. The first kappa shape index (κ1) is 18.8. The number of thioether (sulfide) groups is 1. The quantitative estimate of drug-likeness (QED) is 0.733. The van der Waals surface area contributed by atoms with Crippen LogP contribution in [0, 0.1) is 13.8 Å². The number of carbonyl (C=O) groups is 1. The second kappa shape index (κ2) is 8.23. The molecule has 4 nitrogen and oxygen atoms in total. The first-order chi connectivity index (χ1) is 13.6. The first-order valence-electron chi connectivity index (χ1n) is 9.80. The van der Waals surface area contributed by atoms with Gasteiger partial charge in [-0.25, -0.2) is 4.99 Å². The Kier molecular flexibility index (Phi) is 5.53. The maximum Gasteiger partial charge on any atom is 0.264 e. The number of anilines is 1. The molecule has 0 saturated carbocycles. The molecular weight excluding hydrogens is 366 g/mol. The number of amides is 1. The highest BCUT2D eigenvalue weighted by molar-refractivity contribution is 8.18. The molecule has 1 amide bonds. The summed E-state index contributed by atoms with van der Waals surface area (Å²) in [6.45, 7) is 6.43. The lowest BCUT2D eigenvalue weighted by molar-refractivity contribution is -0.115. The van der Waals surface area contributed by atoms with Gasteiger partial charge in [-0.05, 0) is 86.3 Å². The van der Waals surface area contributed by atoms with Gasteiger partial charge in [0.05, 0.1) is 10.6 Å². The number of hydrogen-bond acceptors (Lipinski definition) is 4. The van der Waals surface area contributed by atoms with E-state index in [0.717, 1.165) is 24.3 Å². The number of amidine groups is 1. The predicted molar refractivity (Wildman–Crippen MR) is 119 cm³/mol. The summed E-state index contributed by atoms with van der Waals surface area (Å²) >= 11 is 1.39. The van der Waals surface area contributed by atoms with Gasteiger partial charge in [0.1, 0.15) is 0 Å². The fraction of sp³-hybridized carbons (Fsp3) is 0.304. The second-order valence-corrected chi connectivity index (χ2v) is 8.44. The molecule has 2 saturated heterocycles. The van der Waals surface area contributed by atoms with Crippen molar-refractivity contribution in [3.8, 4) is 0 Å². The maximum atomic E-state index is 12.4. The zero-order valence-electron chi connectivity index (χ0n) is 16.4. The summed E-state index contributed by atoms with van der Waals surface area (Å²) in [4.78, 5) is 20.0. The number of rotatable bonds is 3. The van der Waals surface area contributed by atoms with E-state index in [1.165, 1.54) is 47.8 Å². The lowest BCUT2D eigenvalue weighted by atomic mass is 10.0. The monoisotopic (exact) mass is 391 g/mol. The van der Waals surface area contributed by atoms with Gasteiger partial charge in [-0.2, -0.15) is 0 Å². The normalized spacial score (nSPS) is 20.1. The smallest absolute Gasteiger partial charge is 0.264 e. The van der Waals surface area contributed by atoms with Crippen molar-refractivity contribution in [2.45, 2.75) is 33.1 Å². The molecule has 5 heteroatoms. The molecule has 0 aromatic heterocycles. The number of carbonyl (C=O) groups excluding carboxylic acids is 1. The van der Waals surface area contributed by atoms with E-state index in [1.807, 2.05) is 37.3 Å². The van der Waals surface area contributed by atoms with Crippen LogP contribution in [0.1, 0.15) is 36.0 Å². The third-order valence-electron chi connectivity index (χ3n) is 5.18. The Morgan fingerprint density at radius 1 is 1.04 bits per heavy atom. The van der Waals surface area contributed by atoms with Crippen LogP contribution in [0.4, 0.5) is 11.4 Å². The zero-order chi connectivity index (χ0) is 19.5. The van der Waals surface area contributed by atoms with Crippen molar-refractivity contribution in [1.29, 1.82) is 0 Å². The molecule has 4 rings (SSSR count). The van der Waals surface area contributed by atoms with E-state index in [0.29, 0.717) is 10.1 Å². The van der Waals surface area contributed by atoms with Gasteiger partial charge in [0.15, 0.2) is 5.17 Å². The van der Waals surface area contributed by atoms with Crippen molar-refractivity contribution in [2.24, 2.45) is 4.99 Å². The van der Waals surface area contributed by atoms with Crippen LogP contribution >= 0.6 is 11.8 Å². The Labute approximate surface area is 170 Å². The molecule has 0 unspecified atom stereocenters. The third kappa shape index (κ3) is 4.30. The summed E-state index contributed by atoms with van der Waals surface area (Å²) in [6, 6.07) is 14.5. The Morgan fingerprint density at radius 3 is 2.50 bits per heavy atom. The van der Waals surface area contributed by atoms with E-state index < -0.39 is 0 Å². The number of aryl methyl sites for hydroxylation is 2. The first-order valence-corrected chi connectivity index (χ1v) is 10.6. The van der Waals surface area contributed by atoms with Gasteiger partial charge in [-0.1, -0.05) is 23.8 Å². The fourth-order valence-corrected chi connectivity index (χ4v) is 4.36. The maximum absolute atomic E-state index is 12.4. The van der Waals surface area contributed by atoms with E-state index >= 15 is 0 Å². The summed E-state index contributed by atoms with van der Waals surface area (Å²) in [6.07, 6.45) is 5.83. The molecule has 144 valence electrons.